The van der Waals surface area contributed by atoms with Gasteiger partial charge in [0.15, 0.2) is 0 Å². The highest BCUT2D eigenvalue weighted by molar-refractivity contribution is 5.99. The molecule has 7 heteroatoms. The van der Waals surface area contributed by atoms with Gasteiger partial charge in [-0.05, 0) is 123 Å². The van der Waals surface area contributed by atoms with Gasteiger partial charge in [0, 0.05) is 11.1 Å². The summed E-state index contributed by atoms with van der Waals surface area (Å²) in [6.07, 6.45) is 0. The van der Waals surface area contributed by atoms with E-state index in [1.165, 1.54) is 27.2 Å². The number of aromatic amines is 2. The minimum absolute atomic E-state index is 0.560. The fraction of sp³-hybridized carbons (Fsp3) is 0.129. The van der Waals surface area contributed by atoms with Gasteiger partial charge in [-0.25, -0.2) is 14.8 Å². The molecule has 2 heterocycles. The van der Waals surface area contributed by atoms with Crippen molar-refractivity contribution < 1.29 is 4.79 Å². The molecule has 6 aromatic rings. The normalized spacial score (nSPS) is 11.4. The van der Waals surface area contributed by atoms with Gasteiger partial charge in [-0.3, -0.25) is 4.90 Å². The van der Waals surface area contributed by atoms with E-state index in [1.54, 1.807) is 0 Å². The van der Waals surface area contributed by atoms with Crippen molar-refractivity contribution in [1.29, 1.82) is 0 Å². The Morgan fingerprint density at radius 2 is 1.00 bits per heavy atom. The van der Waals surface area contributed by atoms with Gasteiger partial charge in [0.25, 0.3) is 0 Å². The maximum Gasteiger partial charge on any atom is 0.323 e. The van der Waals surface area contributed by atoms with Crippen LogP contribution in [0.5, 0.6) is 0 Å². The number of nitrogens with one attached hydrogen (secondary N) is 2. The van der Waals surface area contributed by atoms with Crippen molar-refractivity contribution in [2.75, 3.05) is 4.90 Å². The highest BCUT2D eigenvalue weighted by Gasteiger charge is 2.17. The van der Waals surface area contributed by atoms with Crippen LogP contribution in [0, 0.1) is 27.7 Å². The van der Waals surface area contributed by atoms with Gasteiger partial charge in [0.05, 0.1) is 33.4 Å². The number of hydrogen-bond acceptors (Lipinski definition) is 3. The standard InChI is InChI=1S/C31H28N6O/c1-17-13-25-26(14-18(17)2)34-29(33-25)21-5-9-23(10-6-21)37(31(32)38)24-11-7-22(8-12-24)30-35-27-15-19(3)20(4)16-28(27)36-30/h5-16H,1-4H3,(H2,32,38)(H,33,34)(H,35,36). The van der Waals surface area contributed by atoms with Crippen LogP contribution in [0.2, 0.25) is 0 Å². The van der Waals surface area contributed by atoms with Gasteiger partial charge >= 0.3 is 6.03 Å². The minimum Gasteiger partial charge on any atom is -0.351 e. The number of nitrogens with zero attached hydrogens (tertiary/aromatic N) is 3. The number of imidazole rings is 2. The first kappa shape index (κ1) is 23.5. The Labute approximate surface area is 220 Å². The maximum absolute atomic E-state index is 12.5. The molecular weight excluding hydrogens is 472 g/mol. The zero-order valence-corrected chi connectivity index (χ0v) is 21.8. The number of fused-ring (bicyclic) bond motifs is 2. The number of H-pyrrole nitrogens is 2. The van der Waals surface area contributed by atoms with Gasteiger partial charge < -0.3 is 15.7 Å². The van der Waals surface area contributed by atoms with Crippen LogP contribution in [-0.4, -0.2) is 26.0 Å². The molecule has 0 aliphatic heterocycles. The van der Waals surface area contributed by atoms with Gasteiger partial charge in [-0.1, -0.05) is 0 Å². The lowest BCUT2D eigenvalue weighted by atomic mass is 10.1. The lowest BCUT2D eigenvalue weighted by Crippen LogP contribution is -2.31. The highest BCUT2D eigenvalue weighted by atomic mass is 16.2. The van der Waals surface area contributed by atoms with Gasteiger partial charge in [0.1, 0.15) is 11.6 Å². The van der Waals surface area contributed by atoms with Crippen molar-refractivity contribution >= 4 is 39.5 Å². The number of anilines is 2. The highest BCUT2D eigenvalue weighted by Crippen LogP contribution is 2.31. The lowest BCUT2D eigenvalue weighted by Gasteiger charge is -2.21. The molecule has 0 unspecified atom stereocenters. The summed E-state index contributed by atoms with van der Waals surface area (Å²) in [7, 11) is 0. The number of benzene rings is 4. The monoisotopic (exact) mass is 500 g/mol. The third-order valence-corrected chi connectivity index (χ3v) is 7.21. The van der Waals surface area contributed by atoms with Crippen molar-refractivity contribution in [3.05, 3.63) is 95.1 Å². The van der Waals surface area contributed by atoms with Crippen LogP contribution < -0.4 is 10.6 Å². The lowest BCUT2D eigenvalue weighted by molar-refractivity contribution is 0.256. The minimum atomic E-state index is -0.560. The van der Waals surface area contributed by atoms with E-state index in [9.17, 15) is 4.79 Å². The number of carbonyl (C=O) groups excluding carboxylic acids is 1. The molecule has 0 radical (unpaired) electrons. The molecule has 2 amide bonds. The molecule has 0 bridgehead atoms. The van der Waals surface area contributed by atoms with Crippen molar-refractivity contribution in [1.82, 2.24) is 19.9 Å². The second-order valence-corrected chi connectivity index (χ2v) is 9.85. The number of aromatic nitrogens is 4. The van der Waals surface area contributed by atoms with Crippen LogP contribution in [0.4, 0.5) is 16.2 Å². The van der Waals surface area contributed by atoms with Gasteiger partial charge in [0.2, 0.25) is 0 Å². The quantitative estimate of drug-likeness (QED) is 0.238. The Bertz CT molecular complexity index is 1620. The predicted molar refractivity (Wildman–Crippen MR) is 154 cm³/mol. The summed E-state index contributed by atoms with van der Waals surface area (Å²) >= 11 is 0. The number of aryl methyl sites for hydroxylation is 4. The van der Waals surface area contributed by atoms with E-state index in [2.05, 4.69) is 61.9 Å². The summed E-state index contributed by atoms with van der Waals surface area (Å²) in [5, 5.41) is 0. The Hall–Kier alpha value is -4.91. The molecule has 4 aromatic carbocycles. The SMILES string of the molecule is Cc1cc2nc(-c3ccc(N(C(N)=O)c4ccc(-c5nc6cc(C)c(C)cc6[nH]5)cc4)cc3)[nH]c2cc1C. The average Bonchev–Trinajstić information content (AvgIpc) is 3.49. The summed E-state index contributed by atoms with van der Waals surface area (Å²) in [6, 6.07) is 23.1. The number of rotatable bonds is 4. The first-order valence-corrected chi connectivity index (χ1v) is 12.5. The molecule has 6 rings (SSSR count). The fourth-order valence-electron chi connectivity index (χ4n) is 4.75. The Morgan fingerprint density at radius 1 is 0.632 bits per heavy atom. The van der Waals surface area contributed by atoms with E-state index in [0.29, 0.717) is 11.4 Å². The van der Waals surface area contributed by atoms with E-state index in [1.807, 2.05) is 48.5 Å². The van der Waals surface area contributed by atoms with E-state index in [-0.39, 0.29) is 0 Å². The smallest absolute Gasteiger partial charge is 0.323 e. The van der Waals surface area contributed by atoms with Crippen molar-refractivity contribution in [2.45, 2.75) is 27.7 Å². The summed E-state index contributed by atoms with van der Waals surface area (Å²) in [5.74, 6) is 1.56. The molecule has 38 heavy (non-hydrogen) atoms. The third-order valence-electron chi connectivity index (χ3n) is 7.21. The zero-order chi connectivity index (χ0) is 26.6. The second-order valence-electron chi connectivity index (χ2n) is 9.85. The predicted octanol–water partition coefficient (Wildman–Crippen LogP) is 7.22. The molecule has 0 spiro atoms. The van der Waals surface area contributed by atoms with E-state index in [0.717, 1.165) is 44.8 Å². The summed E-state index contributed by atoms with van der Waals surface area (Å²) in [5.41, 5.74) is 17.7. The van der Waals surface area contributed by atoms with Crippen molar-refractivity contribution in [2.24, 2.45) is 5.73 Å². The first-order chi connectivity index (χ1) is 18.3. The topological polar surface area (TPSA) is 104 Å². The number of amides is 2. The van der Waals surface area contributed by atoms with Crippen LogP contribution in [0.1, 0.15) is 22.3 Å². The fourth-order valence-corrected chi connectivity index (χ4v) is 4.75. The molecule has 0 saturated heterocycles. The molecule has 0 saturated carbocycles. The van der Waals surface area contributed by atoms with Crippen LogP contribution in [0.3, 0.4) is 0 Å². The van der Waals surface area contributed by atoms with Crippen LogP contribution in [0.25, 0.3) is 44.8 Å². The van der Waals surface area contributed by atoms with Crippen LogP contribution in [0.15, 0.2) is 72.8 Å². The molecule has 4 N–H and O–H groups in total. The number of urea groups is 1. The number of nitrogens with two attached hydrogens (primary N) is 1. The first-order valence-electron chi connectivity index (χ1n) is 12.5. The molecule has 188 valence electrons. The van der Waals surface area contributed by atoms with Crippen LogP contribution >= 0.6 is 0 Å². The molecular formula is C31H28N6O. The van der Waals surface area contributed by atoms with E-state index >= 15 is 0 Å². The van der Waals surface area contributed by atoms with E-state index in [4.69, 9.17) is 15.7 Å². The van der Waals surface area contributed by atoms with Crippen molar-refractivity contribution in [3.63, 3.8) is 0 Å². The third kappa shape index (κ3) is 4.08. The van der Waals surface area contributed by atoms with E-state index < -0.39 is 6.03 Å². The zero-order valence-electron chi connectivity index (χ0n) is 21.8. The Morgan fingerprint density at radius 3 is 1.37 bits per heavy atom. The van der Waals surface area contributed by atoms with Gasteiger partial charge in [-0.2, -0.15) is 0 Å². The average molecular weight is 501 g/mol. The molecule has 0 fully saturated rings. The molecule has 0 aliphatic carbocycles. The van der Waals surface area contributed by atoms with Crippen LogP contribution in [-0.2, 0) is 0 Å². The van der Waals surface area contributed by atoms with Crippen molar-refractivity contribution in [3.8, 4) is 22.8 Å². The largest absolute Gasteiger partial charge is 0.351 e. The summed E-state index contributed by atoms with van der Waals surface area (Å²) in [4.78, 5) is 30.3. The molecule has 2 aromatic heterocycles. The number of hydrogen-bond donors (Lipinski definition) is 3. The molecule has 0 atom stereocenters. The van der Waals surface area contributed by atoms with Gasteiger partial charge in [-0.15, -0.1) is 0 Å². The Balaban J connectivity index is 1.29. The summed E-state index contributed by atoms with van der Waals surface area (Å²) in [6.45, 7) is 8.35. The molecule has 7 nitrogen and oxygen atoms in total. The summed E-state index contributed by atoms with van der Waals surface area (Å²) < 4.78 is 0. The Kier molecular flexibility index (Phi) is 5.49. The second kappa shape index (κ2) is 8.88. The number of primary amides is 1. The maximum atomic E-state index is 12.5. The molecule has 0 aliphatic rings. The number of carbonyl (C=O) groups is 1.